The van der Waals surface area contributed by atoms with Crippen molar-refractivity contribution in [3.63, 3.8) is 0 Å². The monoisotopic (exact) mass is 204 g/mol. The van der Waals surface area contributed by atoms with Crippen LogP contribution in [0, 0.1) is 19.8 Å². The Hall–Kier alpha value is -1.31. The van der Waals surface area contributed by atoms with Gasteiger partial charge in [0.1, 0.15) is 5.75 Å². The Balaban J connectivity index is 2.66. The predicted molar refractivity (Wildman–Crippen MR) is 59.7 cm³/mol. The van der Waals surface area contributed by atoms with Crippen molar-refractivity contribution in [3.8, 4) is 5.75 Å². The molecule has 0 amide bonds. The summed E-state index contributed by atoms with van der Waals surface area (Å²) < 4.78 is 5.31. The number of hydrogen-bond acceptors (Lipinski definition) is 2. The van der Waals surface area contributed by atoms with E-state index >= 15 is 0 Å². The summed E-state index contributed by atoms with van der Waals surface area (Å²) in [5, 5.41) is 0. The molecule has 0 saturated carbocycles. The second-order valence-corrected chi connectivity index (χ2v) is 4.33. The summed E-state index contributed by atoms with van der Waals surface area (Å²) in [7, 11) is 1.67. The van der Waals surface area contributed by atoms with Crippen LogP contribution in [0.4, 0.5) is 0 Å². The maximum absolute atomic E-state index is 11.9. The Morgan fingerprint density at radius 3 is 2.60 bits per heavy atom. The number of ether oxygens (including phenoxy) is 1. The molecule has 0 aromatic heterocycles. The molecule has 1 aliphatic rings. The molecule has 0 bridgehead atoms. The van der Waals surface area contributed by atoms with Crippen LogP contribution in [-0.4, -0.2) is 12.9 Å². The molecule has 1 aliphatic carbocycles. The lowest BCUT2D eigenvalue weighted by atomic mass is 9.98. The van der Waals surface area contributed by atoms with Crippen LogP contribution in [0.15, 0.2) is 6.07 Å². The average Bonchev–Trinajstić information content (AvgIpc) is 2.49. The van der Waals surface area contributed by atoms with E-state index in [1.54, 1.807) is 7.11 Å². The first-order chi connectivity index (χ1) is 7.06. The number of methoxy groups -OCH3 is 1. The van der Waals surface area contributed by atoms with Gasteiger partial charge in [0.2, 0.25) is 0 Å². The van der Waals surface area contributed by atoms with E-state index in [0.29, 0.717) is 0 Å². The molecular weight excluding hydrogens is 188 g/mol. The molecule has 15 heavy (non-hydrogen) atoms. The lowest BCUT2D eigenvalue weighted by Crippen LogP contribution is -2.05. The van der Waals surface area contributed by atoms with Gasteiger partial charge in [0, 0.05) is 11.5 Å². The second-order valence-electron chi connectivity index (χ2n) is 4.33. The van der Waals surface area contributed by atoms with Gasteiger partial charge in [-0.2, -0.15) is 0 Å². The van der Waals surface area contributed by atoms with E-state index in [4.69, 9.17) is 4.74 Å². The molecule has 0 saturated heterocycles. The van der Waals surface area contributed by atoms with Gasteiger partial charge < -0.3 is 4.74 Å². The molecule has 1 atom stereocenters. The Labute approximate surface area is 90.3 Å². The first kappa shape index (κ1) is 10.2. The third-order valence-corrected chi connectivity index (χ3v) is 3.37. The van der Waals surface area contributed by atoms with Gasteiger partial charge in [-0.25, -0.2) is 0 Å². The zero-order chi connectivity index (χ0) is 11.2. The van der Waals surface area contributed by atoms with Gasteiger partial charge in [0.25, 0.3) is 0 Å². The largest absolute Gasteiger partial charge is 0.496 e. The molecule has 0 radical (unpaired) electrons. The summed E-state index contributed by atoms with van der Waals surface area (Å²) in [6.45, 7) is 6.00. The van der Waals surface area contributed by atoms with Crippen molar-refractivity contribution in [2.75, 3.05) is 7.11 Å². The number of hydrogen-bond donors (Lipinski definition) is 0. The summed E-state index contributed by atoms with van der Waals surface area (Å²) in [4.78, 5) is 11.9. The van der Waals surface area contributed by atoms with Crippen LogP contribution in [0.5, 0.6) is 5.75 Å². The lowest BCUT2D eigenvalue weighted by Gasteiger charge is -2.11. The molecule has 0 N–H and O–H groups in total. The van der Waals surface area contributed by atoms with Gasteiger partial charge in [-0.1, -0.05) is 6.92 Å². The van der Waals surface area contributed by atoms with Crippen LogP contribution in [0.1, 0.15) is 34.0 Å². The quantitative estimate of drug-likeness (QED) is 0.703. The third kappa shape index (κ3) is 1.36. The summed E-state index contributed by atoms with van der Waals surface area (Å²) in [6, 6.07) is 2.01. The van der Waals surface area contributed by atoms with Crippen molar-refractivity contribution in [1.82, 2.24) is 0 Å². The highest BCUT2D eigenvalue weighted by Crippen LogP contribution is 2.35. The number of Topliss-reactive ketones (excluding diaryl/α,β-unsaturated/α-hetero) is 1. The number of ketones is 1. The molecule has 0 heterocycles. The fraction of sp³-hybridized carbons (Fsp3) is 0.462. The number of carbonyl (C=O) groups excluding carboxylic acids is 1. The topological polar surface area (TPSA) is 26.3 Å². The maximum atomic E-state index is 11.9. The van der Waals surface area contributed by atoms with Crippen molar-refractivity contribution in [2.24, 2.45) is 5.92 Å². The summed E-state index contributed by atoms with van der Waals surface area (Å²) in [6.07, 6.45) is 0.853. The van der Waals surface area contributed by atoms with Crippen LogP contribution >= 0.6 is 0 Å². The first-order valence-electron chi connectivity index (χ1n) is 5.27. The minimum absolute atomic E-state index is 0.130. The molecule has 0 aliphatic heterocycles. The first-order valence-corrected chi connectivity index (χ1v) is 5.27. The van der Waals surface area contributed by atoms with Gasteiger partial charge in [0.05, 0.1) is 7.11 Å². The molecule has 2 heteroatoms. The van der Waals surface area contributed by atoms with Crippen LogP contribution in [-0.2, 0) is 6.42 Å². The minimum Gasteiger partial charge on any atom is -0.496 e. The number of fused-ring (bicyclic) bond motifs is 1. The standard InChI is InChI=1S/C13H16O2/c1-7-5-10-6-11(15-4)8(2)9(3)12(10)13(7)14/h6-7H,5H2,1-4H3. The third-order valence-electron chi connectivity index (χ3n) is 3.37. The predicted octanol–water partition coefficient (Wildman–Crippen LogP) is 2.69. The minimum atomic E-state index is 0.130. The van der Waals surface area contributed by atoms with Gasteiger partial charge in [-0.15, -0.1) is 0 Å². The van der Waals surface area contributed by atoms with Crippen LogP contribution in [0.25, 0.3) is 0 Å². The molecular formula is C13H16O2. The molecule has 0 spiro atoms. The van der Waals surface area contributed by atoms with E-state index in [2.05, 4.69) is 0 Å². The Bertz CT molecular complexity index is 433. The molecule has 2 nitrogen and oxygen atoms in total. The highest BCUT2D eigenvalue weighted by atomic mass is 16.5. The van der Waals surface area contributed by atoms with Crippen molar-refractivity contribution in [3.05, 3.63) is 28.3 Å². The maximum Gasteiger partial charge on any atom is 0.166 e. The summed E-state index contributed by atoms with van der Waals surface area (Å²) >= 11 is 0. The van der Waals surface area contributed by atoms with E-state index in [0.717, 1.165) is 34.4 Å². The Morgan fingerprint density at radius 1 is 1.33 bits per heavy atom. The molecule has 0 fully saturated rings. The van der Waals surface area contributed by atoms with E-state index in [1.807, 2.05) is 26.8 Å². The van der Waals surface area contributed by atoms with Crippen molar-refractivity contribution in [2.45, 2.75) is 27.2 Å². The van der Waals surface area contributed by atoms with Gasteiger partial charge in [-0.05, 0) is 43.0 Å². The number of carbonyl (C=O) groups is 1. The van der Waals surface area contributed by atoms with Crippen molar-refractivity contribution in [1.29, 1.82) is 0 Å². The summed E-state index contributed by atoms with van der Waals surface area (Å²) in [5.41, 5.74) is 4.24. The van der Waals surface area contributed by atoms with E-state index in [-0.39, 0.29) is 11.7 Å². The lowest BCUT2D eigenvalue weighted by molar-refractivity contribution is 0.0945. The van der Waals surface area contributed by atoms with Crippen molar-refractivity contribution >= 4 is 5.78 Å². The SMILES string of the molecule is COc1cc2c(c(C)c1C)C(=O)C(C)C2. The highest BCUT2D eigenvalue weighted by Gasteiger charge is 2.30. The number of rotatable bonds is 1. The highest BCUT2D eigenvalue weighted by molar-refractivity contribution is 6.03. The van der Waals surface area contributed by atoms with E-state index in [9.17, 15) is 4.79 Å². The second kappa shape index (κ2) is 3.37. The van der Waals surface area contributed by atoms with Crippen molar-refractivity contribution < 1.29 is 9.53 Å². The fourth-order valence-electron chi connectivity index (χ4n) is 2.34. The fourth-order valence-corrected chi connectivity index (χ4v) is 2.34. The van der Waals surface area contributed by atoms with Crippen LogP contribution in [0.3, 0.4) is 0 Å². The molecule has 1 aromatic carbocycles. The zero-order valence-corrected chi connectivity index (χ0v) is 9.68. The molecule has 1 unspecified atom stereocenters. The number of benzene rings is 1. The average molecular weight is 204 g/mol. The van der Waals surface area contributed by atoms with Crippen LogP contribution < -0.4 is 4.74 Å². The smallest absolute Gasteiger partial charge is 0.166 e. The zero-order valence-electron chi connectivity index (χ0n) is 9.68. The van der Waals surface area contributed by atoms with Gasteiger partial charge >= 0.3 is 0 Å². The summed E-state index contributed by atoms with van der Waals surface area (Å²) in [5.74, 6) is 1.31. The Morgan fingerprint density at radius 2 is 2.00 bits per heavy atom. The normalized spacial score (nSPS) is 19.2. The van der Waals surface area contributed by atoms with Crippen LogP contribution in [0.2, 0.25) is 0 Å². The molecule has 80 valence electrons. The van der Waals surface area contributed by atoms with Gasteiger partial charge in [0.15, 0.2) is 5.78 Å². The Kier molecular flexibility index (Phi) is 2.29. The van der Waals surface area contributed by atoms with E-state index < -0.39 is 0 Å². The molecule has 2 rings (SSSR count). The van der Waals surface area contributed by atoms with E-state index in [1.165, 1.54) is 0 Å². The molecule has 1 aromatic rings. The van der Waals surface area contributed by atoms with Gasteiger partial charge in [-0.3, -0.25) is 4.79 Å².